The molecule has 0 saturated carbocycles. The number of pyridine rings is 1. The van der Waals surface area contributed by atoms with Gasteiger partial charge in [0.05, 0.1) is 32.7 Å². The zero-order chi connectivity index (χ0) is 25.2. The van der Waals surface area contributed by atoms with E-state index in [2.05, 4.69) is 15.5 Å². The van der Waals surface area contributed by atoms with E-state index >= 15 is 0 Å². The van der Waals surface area contributed by atoms with Crippen LogP contribution in [0.15, 0.2) is 41.8 Å². The van der Waals surface area contributed by atoms with Gasteiger partial charge >= 0.3 is 0 Å². The molecule has 11 heteroatoms. The van der Waals surface area contributed by atoms with Crippen molar-refractivity contribution in [3.05, 3.63) is 58.4 Å². The lowest BCUT2D eigenvalue weighted by Crippen LogP contribution is -2.18. The Kier molecular flexibility index (Phi) is 6.49. The van der Waals surface area contributed by atoms with Crippen LogP contribution in [0.1, 0.15) is 26.5 Å². The smallest absolute Gasteiger partial charge is 0.283 e. The summed E-state index contributed by atoms with van der Waals surface area (Å²) >= 11 is 1.31. The molecule has 10 nitrogen and oxygen atoms in total. The van der Waals surface area contributed by atoms with Crippen molar-refractivity contribution in [2.75, 3.05) is 28.1 Å². The number of thiophene rings is 1. The minimum absolute atomic E-state index is 0.0822. The monoisotopic (exact) mass is 508 g/mol. The lowest BCUT2D eigenvalue weighted by Gasteiger charge is -2.12. The van der Waals surface area contributed by atoms with Crippen LogP contribution in [-0.4, -0.2) is 49.8 Å². The van der Waals surface area contributed by atoms with Crippen molar-refractivity contribution >= 4 is 33.7 Å². The fourth-order valence-corrected chi connectivity index (χ4v) is 5.32. The maximum absolute atomic E-state index is 13.4. The van der Waals surface area contributed by atoms with Crippen LogP contribution in [0, 0.1) is 6.92 Å². The average molecular weight is 509 g/mol. The van der Waals surface area contributed by atoms with Crippen molar-refractivity contribution in [1.82, 2.24) is 15.0 Å². The van der Waals surface area contributed by atoms with E-state index in [4.69, 9.17) is 23.7 Å². The zero-order valence-corrected chi connectivity index (χ0v) is 21.0. The molecule has 1 aliphatic heterocycles. The molecule has 1 amide bonds. The third-order valence-electron chi connectivity index (χ3n) is 5.60. The number of nitrogens with one attached hydrogen (secondary N) is 1. The van der Waals surface area contributed by atoms with E-state index in [9.17, 15) is 4.79 Å². The Morgan fingerprint density at radius 2 is 1.97 bits per heavy atom. The number of methoxy groups -OCH3 is 3. The van der Waals surface area contributed by atoms with Crippen LogP contribution < -0.4 is 24.4 Å². The predicted molar refractivity (Wildman–Crippen MR) is 135 cm³/mol. The summed E-state index contributed by atoms with van der Waals surface area (Å²) in [6.07, 6.45) is 5.26. The molecular weight excluding hydrogens is 484 g/mol. The topological polar surface area (TPSA) is 105 Å². The molecule has 0 aliphatic carbocycles. The molecule has 1 aliphatic rings. The maximum atomic E-state index is 13.4. The van der Waals surface area contributed by atoms with E-state index in [0.29, 0.717) is 40.0 Å². The third-order valence-corrected chi connectivity index (χ3v) is 6.67. The van der Waals surface area contributed by atoms with Crippen LogP contribution >= 0.6 is 11.3 Å². The number of ether oxygens (including phenoxy) is 5. The first-order valence-electron chi connectivity index (χ1n) is 11.0. The summed E-state index contributed by atoms with van der Waals surface area (Å²) in [4.78, 5) is 19.2. The largest absolute Gasteiger partial charge is 0.492 e. The molecule has 4 aromatic rings. The number of rotatable bonds is 8. The molecule has 0 radical (unpaired) electrons. The quantitative estimate of drug-likeness (QED) is 0.283. The fourth-order valence-electron chi connectivity index (χ4n) is 4.17. The highest BCUT2D eigenvalue weighted by Crippen LogP contribution is 2.48. The Labute approximate surface area is 211 Å². The van der Waals surface area contributed by atoms with Gasteiger partial charge < -0.3 is 28.3 Å². The van der Waals surface area contributed by atoms with Crippen molar-refractivity contribution in [1.29, 1.82) is 0 Å². The van der Waals surface area contributed by atoms with Crippen LogP contribution in [0.4, 0.5) is 0 Å². The number of hydrogen-bond donors (Lipinski definition) is 1. The summed E-state index contributed by atoms with van der Waals surface area (Å²) in [5.41, 5.74) is 5.73. The summed E-state index contributed by atoms with van der Waals surface area (Å²) in [6, 6.07) is 7.50. The van der Waals surface area contributed by atoms with Crippen LogP contribution in [-0.2, 0) is 11.3 Å². The number of nitrogens with zero attached hydrogens (tertiary/aromatic N) is 3. The highest BCUT2D eigenvalue weighted by atomic mass is 32.1. The molecule has 0 atom stereocenters. The molecule has 1 N–H and O–H groups in total. The number of hydrazone groups is 1. The maximum Gasteiger partial charge on any atom is 0.283 e. The minimum Gasteiger partial charge on any atom is -0.492 e. The molecule has 0 saturated heterocycles. The Morgan fingerprint density at radius 1 is 1.19 bits per heavy atom. The van der Waals surface area contributed by atoms with Gasteiger partial charge in [0.25, 0.3) is 5.91 Å². The summed E-state index contributed by atoms with van der Waals surface area (Å²) in [5, 5.41) is 5.07. The Balaban J connectivity index is 1.52. The highest BCUT2D eigenvalue weighted by molar-refractivity contribution is 7.21. The number of fused-ring (bicyclic) bond motifs is 2. The molecule has 0 bridgehead atoms. The van der Waals surface area contributed by atoms with Gasteiger partial charge in [-0.15, -0.1) is 11.3 Å². The molecule has 0 spiro atoms. The first kappa shape index (κ1) is 23.6. The second kappa shape index (κ2) is 9.88. The van der Waals surface area contributed by atoms with E-state index in [1.54, 1.807) is 13.2 Å². The van der Waals surface area contributed by atoms with Gasteiger partial charge in [0, 0.05) is 36.1 Å². The van der Waals surface area contributed by atoms with E-state index in [1.165, 1.54) is 31.8 Å². The van der Waals surface area contributed by atoms with Crippen molar-refractivity contribution in [2.45, 2.75) is 13.5 Å². The number of hydrogen-bond acceptors (Lipinski definition) is 9. The van der Waals surface area contributed by atoms with Crippen LogP contribution in [0.25, 0.3) is 15.9 Å². The van der Waals surface area contributed by atoms with Gasteiger partial charge in [-0.05, 0) is 36.8 Å². The Hall–Kier alpha value is -4.09. The summed E-state index contributed by atoms with van der Waals surface area (Å²) in [7, 11) is 4.68. The van der Waals surface area contributed by atoms with Gasteiger partial charge in [-0.1, -0.05) is 0 Å². The second-order valence-corrected chi connectivity index (χ2v) is 8.87. The Bertz CT molecular complexity index is 1460. The van der Waals surface area contributed by atoms with Gasteiger partial charge in [0.15, 0.2) is 11.5 Å². The SMILES string of the molecule is COCc1cc(C)nc2sc(C(=O)NN=Cc3cc4c(c(OC)c3OC)OCO4)c(-n3cccc3)c12. The average Bonchev–Trinajstić information content (AvgIpc) is 3.62. The molecule has 4 heterocycles. The number of amides is 1. The lowest BCUT2D eigenvalue weighted by molar-refractivity contribution is 0.0959. The standard InChI is InChI=1S/C25H24N4O6S/c1-14-9-16(12-31-2)18-19(29-7-5-6-8-29)23(36-25(18)27-14)24(30)28-26-11-15-10-17-21(35-13-34-17)22(33-4)20(15)32-3/h5-11H,12-13H2,1-4H3,(H,28,30). The molecule has 3 aromatic heterocycles. The third kappa shape index (κ3) is 4.12. The number of benzene rings is 1. The van der Waals surface area contributed by atoms with E-state index in [0.717, 1.165) is 27.2 Å². The normalized spacial score (nSPS) is 12.4. The van der Waals surface area contributed by atoms with Crippen LogP contribution in [0.5, 0.6) is 23.0 Å². The zero-order valence-electron chi connectivity index (χ0n) is 20.2. The number of carbonyl (C=O) groups excluding carboxylic acids is 1. The van der Waals surface area contributed by atoms with Crippen molar-refractivity contribution < 1.29 is 28.5 Å². The summed E-state index contributed by atoms with van der Waals surface area (Å²) in [5.74, 6) is 1.41. The number of aromatic nitrogens is 2. The van der Waals surface area contributed by atoms with E-state index in [-0.39, 0.29) is 12.7 Å². The van der Waals surface area contributed by atoms with Crippen molar-refractivity contribution in [2.24, 2.45) is 5.10 Å². The molecule has 5 rings (SSSR count). The van der Waals surface area contributed by atoms with Crippen LogP contribution in [0.2, 0.25) is 0 Å². The Morgan fingerprint density at radius 3 is 2.69 bits per heavy atom. The molecule has 186 valence electrons. The van der Waals surface area contributed by atoms with Gasteiger partial charge in [0.2, 0.25) is 18.3 Å². The van der Waals surface area contributed by atoms with Crippen LogP contribution in [0.3, 0.4) is 0 Å². The molecule has 0 fully saturated rings. The molecular formula is C25H24N4O6S. The molecule has 0 unspecified atom stereocenters. The number of aryl methyl sites for hydroxylation is 1. The predicted octanol–water partition coefficient (Wildman–Crippen LogP) is 4.05. The van der Waals surface area contributed by atoms with E-state index in [1.807, 2.05) is 42.1 Å². The summed E-state index contributed by atoms with van der Waals surface area (Å²) < 4.78 is 29.2. The molecule has 1 aromatic carbocycles. The lowest BCUT2D eigenvalue weighted by atomic mass is 10.1. The molecule has 36 heavy (non-hydrogen) atoms. The van der Waals surface area contributed by atoms with Gasteiger partial charge in [-0.3, -0.25) is 4.79 Å². The fraction of sp³-hybridized carbons (Fsp3) is 0.240. The van der Waals surface area contributed by atoms with Crippen molar-refractivity contribution in [3.8, 4) is 28.7 Å². The second-order valence-electron chi connectivity index (χ2n) is 7.87. The summed E-state index contributed by atoms with van der Waals surface area (Å²) in [6.45, 7) is 2.40. The van der Waals surface area contributed by atoms with Gasteiger partial charge in [0.1, 0.15) is 9.71 Å². The van der Waals surface area contributed by atoms with Gasteiger partial charge in [-0.25, -0.2) is 10.4 Å². The van der Waals surface area contributed by atoms with E-state index < -0.39 is 0 Å². The first-order chi connectivity index (χ1) is 17.5. The first-order valence-corrected chi connectivity index (χ1v) is 11.8. The minimum atomic E-state index is -0.370. The van der Waals surface area contributed by atoms with Crippen molar-refractivity contribution in [3.63, 3.8) is 0 Å². The highest BCUT2D eigenvalue weighted by Gasteiger charge is 2.26. The number of carbonyl (C=O) groups is 1. The van der Waals surface area contributed by atoms with Gasteiger partial charge in [-0.2, -0.15) is 5.10 Å².